The summed E-state index contributed by atoms with van der Waals surface area (Å²) in [7, 11) is 1.90. The first-order chi connectivity index (χ1) is 6.25. The minimum Gasteiger partial charge on any atom is -0.390 e. The van der Waals surface area contributed by atoms with Crippen molar-refractivity contribution in [2.45, 2.75) is 6.61 Å². The molecule has 0 saturated heterocycles. The summed E-state index contributed by atoms with van der Waals surface area (Å²) >= 11 is 6.08. The van der Waals surface area contributed by atoms with Gasteiger partial charge in [-0.05, 0) is 6.07 Å². The molecule has 0 fully saturated rings. The van der Waals surface area contributed by atoms with E-state index in [0.717, 1.165) is 16.6 Å². The second-order valence-corrected chi connectivity index (χ2v) is 3.37. The zero-order valence-electron chi connectivity index (χ0n) is 7.29. The number of nitrogens with zero attached hydrogens (tertiary/aromatic N) is 1. The van der Waals surface area contributed by atoms with E-state index < -0.39 is 0 Å². The molecule has 1 heterocycles. The number of hydrogen-bond acceptors (Lipinski definition) is 1. The van der Waals surface area contributed by atoms with Gasteiger partial charge in [-0.3, -0.25) is 0 Å². The van der Waals surface area contributed by atoms with Gasteiger partial charge in [-0.25, -0.2) is 0 Å². The van der Waals surface area contributed by atoms with Gasteiger partial charge < -0.3 is 9.67 Å². The molecule has 0 aliphatic carbocycles. The van der Waals surface area contributed by atoms with Gasteiger partial charge in [0.25, 0.3) is 0 Å². The van der Waals surface area contributed by atoms with Crippen molar-refractivity contribution < 1.29 is 5.11 Å². The van der Waals surface area contributed by atoms with Crippen molar-refractivity contribution >= 4 is 22.5 Å². The van der Waals surface area contributed by atoms with Gasteiger partial charge in [0.15, 0.2) is 0 Å². The number of aryl methyl sites for hydroxylation is 1. The minimum absolute atomic E-state index is 0.0238. The zero-order chi connectivity index (χ0) is 9.42. The standard InChI is InChI=1S/C10H10ClNO/c1-12-8-5-3-2-4-7(8)10(11)9(12)6-13/h2-5,13H,6H2,1H3. The summed E-state index contributed by atoms with van der Waals surface area (Å²) in [6.07, 6.45) is 0. The van der Waals surface area contributed by atoms with Gasteiger partial charge in [-0.2, -0.15) is 0 Å². The van der Waals surface area contributed by atoms with E-state index in [1.807, 2.05) is 35.9 Å². The topological polar surface area (TPSA) is 25.2 Å². The lowest BCUT2D eigenvalue weighted by atomic mass is 10.2. The fraction of sp³-hybridized carbons (Fsp3) is 0.200. The van der Waals surface area contributed by atoms with Crippen LogP contribution in [0.25, 0.3) is 10.9 Å². The molecule has 2 rings (SSSR count). The van der Waals surface area contributed by atoms with E-state index in [4.69, 9.17) is 16.7 Å². The predicted octanol–water partition coefficient (Wildman–Crippen LogP) is 2.32. The predicted molar refractivity (Wildman–Crippen MR) is 53.9 cm³/mol. The van der Waals surface area contributed by atoms with Crippen molar-refractivity contribution in [1.82, 2.24) is 4.57 Å². The van der Waals surface area contributed by atoms with Crippen LogP contribution < -0.4 is 0 Å². The number of para-hydroxylation sites is 1. The van der Waals surface area contributed by atoms with Crippen LogP contribution in [-0.4, -0.2) is 9.67 Å². The Hall–Kier alpha value is -0.990. The molecular formula is C10H10ClNO. The molecule has 1 aromatic heterocycles. The summed E-state index contributed by atoms with van der Waals surface area (Å²) in [4.78, 5) is 0. The quantitative estimate of drug-likeness (QED) is 0.743. The number of hydrogen-bond donors (Lipinski definition) is 1. The molecular weight excluding hydrogens is 186 g/mol. The second kappa shape index (κ2) is 3.05. The molecule has 1 N–H and O–H groups in total. The van der Waals surface area contributed by atoms with Crippen molar-refractivity contribution in [3.8, 4) is 0 Å². The molecule has 0 amide bonds. The summed E-state index contributed by atoms with van der Waals surface area (Å²) in [5, 5.41) is 10.7. The summed E-state index contributed by atoms with van der Waals surface area (Å²) in [5.74, 6) is 0. The smallest absolute Gasteiger partial charge is 0.0848 e. The van der Waals surface area contributed by atoms with E-state index in [9.17, 15) is 0 Å². The Morgan fingerprint density at radius 1 is 1.38 bits per heavy atom. The maximum Gasteiger partial charge on any atom is 0.0848 e. The lowest BCUT2D eigenvalue weighted by Gasteiger charge is -1.99. The van der Waals surface area contributed by atoms with Gasteiger partial charge in [0.1, 0.15) is 0 Å². The molecule has 0 atom stereocenters. The SMILES string of the molecule is Cn1c(CO)c(Cl)c2ccccc21. The molecule has 0 radical (unpaired) electrons. The third-order valence-corrected chi connectivity index (χ3v) is 2.73. The molecule has 0 bridgehead atoms. The normalized spacial score (nSPS) is 11.0. The Balaban J connectivity index is 2.88. The van der Waals surface area contributed by atoms with Crippen LogP contribution in [0.1, 0.15) is 5.69 Å². The first-order valence-electron chi connectivity index (χ1n) is 4.08. The monoisotopic (exact) mass is 195 g/mol. The molecule has 2 aromatic rings. The average molecular weight is 196 g/mol. The van der Waals surface area contributed by atoms with Crippen LogP contribution in [0.4, 0.5) is 0 Å². The highest BCUT2D eigenvalue weighted by atomic mass is 35.5. The van der Waals surface area contributed by atoms with Crippen LogP contribution in [-0.2, 0) is 13.7 Å². The second-order valence-electron chi connectivity index (χ2n) is 2.99. The van der Waals surface area contributed by atoms with Crippen LogP contribution in [0.5, 0.6) is 0 Å². The molecule has 13 heavy (non-hydrogen) atoms. The van der Waals surface area contributed by atoms with E-state index in [0.29, 0.717) is 5.02 Å². The highest BCUT2D eigenvalue weighted by Gasteiger charge is 2.10. The molecule has 0 saturated carbocycles. The Morgan fingerprint density at radius 3 is 2.69 bits per heavy atom. The van der Waals surface area contributed by atoms with Gasteiger partial charge in [0.2, 0.25) is 0 Å². The molecule has 2 nitrogen and oxygen atoms in total. The molecule has 0 aliphatic rings. The van der Waals surface area contributed by atoms with Crippen molar-refractivity contribution in [1.29, 1.82) is 0 Å². The Morgan fingerprint density at radius 2 is 2.08 bits per heavy atom. The Bertz CT molecular complexity index is 408. The largest absolute Gasteiger partial charge is 0.390 e. The Labute approximate surface area is 81.4 Å². The minimum atomic E-state index is -0.0238. The fourth-order valence-electron chi connectivity index (χ4n) is 1.58. The maximum absolute atomic E-state index is 9.10. The Kier molecular flexibility index (Phi) is 2.02. The van der Waals surface area contributed by atoms with Gasteiger partial charge in [0.05, 0.1) is 17.3 Å². The first kappa shape index (κ1) is 8.60. The van der Waals surface area contributed by atoms with Gasteiger partial charge in [0, 0.05) is 18.0 Å². The highest BCUT2D eigenvalue weighted by molar-refractivity contribution is 6.36. The average Bonchev–Trinajstić information content (AvgIpc) is 2.41. The first-order valence-corrected chi connectivity index (χ1v) is 4.46. The van der Waals surface area contributed by atoms with Gasteiger partial charge in [-0.1, -0.05) is 29.8 Å². The van der Waals surface area contributed by atoms with Crippen LogP contribution in [0, 0.1) is 0 Å². The number of rotatable bonds is 1. The van der Waals surface area contributed by atoms with Crippen molar-refractivity contribution in [2.24, 2.45) is 7.05 Å². The molecule has 68 valence electrons. The molecule has 0 aliphatic heterocycles. The summed E-state index contributed by atoms with van der Waals surface area (Å²) in [6, 6.07) is 7.84. The number of aliphatic hydroxyl groups excluding tert-OH is 1. The summed E-state index contributed by atoms with van der Waals surface area (Å²) in [5.41, 5.74) is 1.82. The zero-order valence-corrected chi connectivity index (χ0v) is 8.04. The fourth-order valence-corrected chi connectivity index (χ4v) is 1.92. The van der Waals surface area contributed by atoms with Crippen LogP contribution in [0.15, 0.2) is 24.3 Å². The lowest BCUT2D eigenvalue weighted by molar-refractivity contribution is 0.273. The number of benzene rings is 1. The number of fused-ring (bicyclic) bond motifs is 1. The third kappa shape index (κ3) is 1.14. The van der Waals surface area contributed by atoms with E-state index in [2.05, 4.69) is 0 Å². The lowest BCUT2D eigenvalue weighted by Crippen LogP contribution is -1.95. The van der Waals surface area contributed by atoms with E-state index in [-0.39, 0.29) is 6.61 Å². The van der Waals surface area contributed by atoms with Crippen molar-refractivity contribution in [2.75, 3.05) is 0 Å². The molecule has 0 unspecified atom stereocenters. The maximum atomic E-state index is 9.10. The number of aromatic nitrogens is 1. The third-order valence-electron chi connectivity index (χ3n) is 2.31. The van der Waals surface area contributed by atoms with E-state index in [1.54, 1.807) is 0 Å². The van der Waals surface area contributed by atoms with Crippen LogP contribution in [0.3, 0.4) is 0 Å². The summed E-state index contributed by atoms with van der Waals surface area (Å²) < 4.78 is 1.91. The molecule has 3 heteroatoms. The van der Waals surface area contributed by atoms with Crippen LogP contribution >= 0.6 is 11.6 Å². The van der Waals surface area contributed by atoms with Crippen molar-refractivity contribution in [3.05, 3.63) is 35.0 Å². The van der Waals surface area contributed by atoms with Crippen LogP contribution in [0.2, 0.25) is 5.02 Å². The van der Waals surface area contributed by atoms with E-state index in [1.165, 1.54) is 0 Å². The van der Waals surface area contributed by atoms with E-state index >= 15 is 0 Å². The summed E-state index contributed by atoms with van der Waals surface area (Å²) in [6.45, 7) is -0.0238. The highest BCUT2D eigenvalue weighted by Crippen LogP contribution is 2.29. The number of halogens is 1. The van der Waals surface area contributed by atoms with Gasteiger partial charge in [-0.15, -0.1) is 0 Å². The molecule has 0 spiro atoms. The number of aliphatic hydroxyl groups is 1. The molecule has 1 aromatic carbocycles. The van der Waals surface area contributed by atoms with Crippen molar-refractivity contribution in [3.63, 3.8) is 0 Å². The van der Waals surface area contributed by atoms with Gasteiger partial charge >= 0.3 is 0 Å².